The van der Waals surface area contributed by atoms with Gasteiger partial charge >= 0.3 is 0 Å². The Balaban J connectivity index is 1.43. The van der Waals surface area contributed by atoms with E-state index in [0.29, 0.717) is 18.1 Å². The molecule has 0 amide bonds. The normalized spacial score (nSPS) is 13.5. The Kier molecular flexibility index (Phi) is 4.31. The number of pyridine rings is 1. The van der Waals surface area contributed by atoms with Gasteiger partial charge in [-0.15, -0.1) is 0 Å². The first-order valence-electron chi connectivity index (χ1n) is 10.6. The molecule has 0 unspecified atom stereocenters. The molecule has 3 heterocycles. The molecule has 6 rings (SSSR count). The van der Waals surface area contributed by atoms with E-state index >= 15 is 0 Å². The summed E-state index contributed by atoms with van der Waals surface area (Å²) >= 11 is 0. The largest absolute Gasteiger partial charge is 0.508 e. The number of benzene rings is 3. The molecular formula is C26H22NO5+. The highest BCUT2D eigenvalue weighted by Gasteiger charge is 2.28. The van der Waals surface area contributed by atoms with Crippen molar-refractivity contribution in [1.82, 2.24) is 0 Å². The third-order valence-corrected chi connectivity index (χ3v) is 6.12. The highest BCUT2D eigenvalue weighted by molar-refractivity contribution is 5.91. The number of rotatable bonds is 4. The van der Waals surface area contributed by atoms with Gasteiger partial charge in [0.1, 0.15) is 12.4 Å². The van der Waals surface area contributed by atoms with Crippen molar-refractivity contribution < 1.29 is 28.6 Å². The number of hydrogen-bond donors (Lipinski definition) is 1. The molecule has 6 heteroatoms. The molecule has 1 aromatic heterocycles. The van der Waals surface area contributed by atoms with Crippen molar-refractivity contribution in [3.8, 4) is 40.0 Å². The van der Waals surface area contributed by atoms with Crippen molar-refractivity contribution >= 4 is 10.8 Å². The van der Waals surface area contributed by atoms with Gasteiger partial charge in [-0.2, -0.15) is 4.57 Å². The Morgan fingerprint density at radius 3 is 2.62 bits per heavy atom. The van der Waals surface area contributed by atoms with Gasteiger partial charge in [-0.1, -0.05) is 12.1 Å². The lowest BCUT2D eigenvalue weighted by Crippen LogP contribution is -2.40. The van der Waals surface area contributed by atoms with Crippen LogP contribution in [0, 0.1) is 0 Å². The maximum absolute atomic E-state index is 9.52. The molecule has 32 heavy (non-hydrogen) atoms. The first kappa shape index (κ1) is 18.8. The molecule has 160 valence electrons. The molecule has 0 atom stereocenters. The molecule has 1 N–H and O–H groups in total. The highest BCUT2D eigenvalue weighted by atomic mass is 16.7. The van der Waals surface area contributed by atoms with Crippen LogP contribution < -0.4 is 23.5 Å². The summed E-state index contributed by atoms with van der Waals surface area (Å²) in [4.78, 5) is 0. The Bertz CT molecular complexity index is 1350. The molecule has 4 aromatic rings. The van der Waals surface area contributed by atoms with Crippen LogP contribution in [-0.2, 0) is 19.6 Å². The Labute approximate surface area is 185 Å². The number of fused-ring (bicyclic) bond motifs is 5. The smallest absolute Gasteiger partial charge is 0.231 e. The van der Waals surface area contributed by atoms with Crippen molar-refractivity contribution in [2.45, 2.75) is 19.6 Å². The van der Waals surface area contributed by atoms with E-state index in [4.69, 9.17) is 18.9 Å². The molecule has 0 saturated heterocycles. The van der Waals surface area contributed by atoms with E-state index in [9.17, 15) is 5.11 Å². The fraction of sp³-hybridized carbons (Fsp3) is 0.192. The molecule has 0 radical (unpaired) electrons. The number of phenols is 1. The predicted octanol–water partition coefficient (Wildman–Crippen LogP) is 4.37. The van der Waals surface area contributed by atoms with E-state index in [-0.39, 0.29) is 12.5 Å². The number of nitrogens with zero attached hydrogens (tertiary/aromatic N) is 1. The quantitative estimate of drug-likeness (QED) is 0.489. The fourth-order valence-electron chi connectivity index (χ4n) is 4.45. The van der Waals surface area contributed by atoms with Crippen molar-refractivity contribution in [2.75, 3.05) is 13.9 Å². The second-order valence-electron chi connectivity index (χ2n) is 8.02. The van der Waals surface area contributed by atoms with Gasteiger partial charge in [0.25, 0.3) is 0 Å². The summed E-state index contributed by atoms with van der Waals surface area (Å²) in [6, 6.07) is 17.4. The number of aryl methyl sites for hydroxylation is 2. The van der Waals surface area contributed by atoms with Crippen LogP contribution in [0.1, 0.15) is 11.1 Å². The SMILES string of the molecule is COc1ccc2cc3[n+](cc2c1OCc1ccc(O)cc1)CCc1cc2c(cc1-3)OCO2. The molecule has 0 bridgehead atoms. The third kappa shape index (κ3) is 3.07. The van der Waals surface area contributed by atoms with E-state index in [1.807, 2.05) is 18.2 Å². The zero-order valence-corrected chi connectivity index (χ0v) is 17.6. The number of ether oxygens (including phenoxy) is 4. The fourth-order valence-corrected chi connectivity index (χ4v) is 4.45. The molecule has 0 fully saturated rings. The summed E-state index contributed by atoms with van der Waals surface area (Å²) in [6.45, 7) is 1.52. The van der Waals surface area contributed by atoms with Crippen LogP contribution in [0.15, 0.2) is 60.8 Å². The van der Waals surface area contributed by atoms with Gasteiger partial charge in [0.2, 0.25) is 12.5 Å². The predicted molar refractivity (Wildman–Crippen MR) is 118 cm³/mol. The van der Waals surface area contributed by atoms with Crippen molar-refractivity contribution in [3.05, 3.63) is 71.9 Å². The zero-order valence-electron chi connectivity index (χ0n) is 17.6. The summed E-state index contributed by atoms with van der Waals surface area (Å²) in [7, 11) is 1.65. The molecule has 2 aliphatic rings. The average Bonchev–Trinajstić information content (AvgIpc) is 3.28. The Morgan fingerprint density at radius 2 is 1.81 bits per heavy atom. The standard InChI is InChI=1S/C26H21NO5/c1-29-23-7-4-17-10-22-20-12-25-24(31-15-32-25)11-18(20)8-9-27(22)13-21(17)26(23)30-14-16-2-5-19(28)6-3-16/h2-7,10-13H,8-9,14-15H2,1H3/p+1. The molecule has 0 saturated carbocycles. The lowest BCUT2D eigenvalue weighted by atomic mass is 9.95. The summed E-state index contributed by atoms with van der Waals surface area (Å²) in [5.41, 5.74) is 4.56. The minimum Gasteiger partial charge on any atom is -0.508 e. The number of aromatic nitrogens is 1. The highest BCUT2D eigenvalue weighted by Crippen LogP contribution is 2.41. The summed E-state index contributed by atoms with van der Waals surface area (Å²) in [5, 5.41) is 11.6. The Morgan fingerprint density at radius 1 is 1.00 bits per heavy atom. The number of methoxy groups -OCH3 is 1. The molecule has 0 aliphatic carbocycles. The van der Waals surface area contributed by atoms with E-state index in [1.165, 1.54) is 11.1 Å². The zero-order chi connectivity index (χ0) is 21.7. The van der Waals surface area contributed by atoms with Gasteiger partial charge < -0.3 is 24.1 Å². The van der Waals surface area contributed by atoms with E-state index in [0.717, 1.165) is 46.5 Å². The lowest BCUT2D eigenvalue weighted by molar-refractivity contribution is -0.686. The van der Waals surface area contributed by atoms with E-state index in [1.54, 1.807) is 19.2 Å². The van der Waals surface area contributed by atoms with Gasteiger partial charge in [0, 0.05) is 12.5 Å². The number of hydrogen-bond acceptors (Lipinski definition) is 5. The van der Waals surface area contributed by atoms with Crippen molar-refractivity contribution in [1.29, 1.82) is 0 Å². The van der Waals surface area contributed by atoms with Gasteiger partial charge in [-0.05, 0) is 52.9 Å². The number of aromatic hydroxyl groups is 1. The second-order valence-corrected chi connectivity index (χ2v) is 8.02. The molecular weight excluding hydrogens is 406 g/mol. The summed E-state index contributed by atoms with van der Waals surface area (Å²) < 4.78 is 25.3. The van der Waals surface area contributed by atoms with Crippen molar-refractivity contribution in [3.63, 3.8) is 0 Å². The van der Waals surface area contributed by atoms with Gasteiger partial charge in [0.15, 0.2) is 35.7 Å². The monoisotopic (exact) mass is 428 g/mol. The first-order valence-corrected chi connectivity index (χ1v) is 10.6. The van der Waals surface area contributed by atoms with Crippen molar-refractivity contribution in [2.24, 2.45) is 0 Å². The third-order valence-electron chi connectivity index (χ3n) is 6.12. The van der Waals surface area contributed by atoms with Crippen LogP contribution in [0.25, 0.3) is 22.0 Å². The van der Waals surface area contributed by atoms with E-state index in [2.05, 4.69) is 35.0 Å². The van der Waals surface area contributed by atoms with Crippen LogP contribution in [0.2, 0.25) is 0 Å². The molecule has 0 spiro atoms. The molecule has 3 aromatic carbocycles. The Hall–Kier alpha value is -3.93. The molecule has 2 aliphatic heterocycles. The van der Waals surface area contributed by atoms with Crippen LogP contribution >= 0.6 is 0 Å². The molecule has 6 nitrogen and oxygen atoms in total. The van der Waals surface area contributed by atoms with Crippen LogP contribution in [0.4, 0.5) is 0 Å². The maximum atomic E-state index is 9.52. The summed E-state index contributed by atoms with van der Waals surface area (Å²) in [6.07, 6.45) is 3.07. The van der Waals surface area contributed by atoms with E-state index < -0.39 is 0 Å². The average molecular weight is 428 g/mol. The maximum Gasteiger partial charge on any atom is 0.231 e. The van der Waals surface area contributed by atoms with Crippen LogP contribution in [0.5, 0.6) is 28.7 Å². The summed E-state index contributed by atoms with van der Waals surface area (Å²) in [5.74, 6) is 3.27. The van der Waals surface area contributed by atoms with Crippen LogP contribution in [-0.4, -0.2) is 19.0 Å². The first-order chi connectivity index (χ1) is 15.7. The van der Waals surface area contributed by atoms with Gasteiger partial charge in [0.05, 0.1) is 18.1 Å². The number of phenolic OH excluding ortho intramolecular Hbond substituents is 1. The lowest BCUT2D eigenvalue weighted by Gasteiger charge is -2.18. The minimum atomic E-state index is 0.238. The topological polar surface area (TPSA) is 61.0 Å². The van der Waals surface area contributed by atoms with Crippen LogP contribution in [0.3, 0.4) is 0 Å². The second kappa shape index (κ2) is 7.34. The van der Waals surface area contributed by atoms with Gasteiger partial charge in [-0.25, -0.2) is 0 Å². The minimum absolute atomic E-state index is 0.238. The van der Waals surface area contributed by atoms with Gasteiger partial charge in [-0.3, -0.25) is 0 Å².